The van der Waals surface area contributed by atoms with Gasteiger partial charge in [0.2, 0.25) is 0 Å². The molecular formula is C22H29NO. The average molecular weight is 323 g/mol. The van der Waals surface area contributed by atoms with Gasteiger partial charge in [0, 0.05) is 6.54 Å². The SMILES string of the molecule is CCN(CC)CCCOc1ccc(C(C)=Cc2ccccc2)cc1. The number of ether oxygens (including phenoxy) is 1. The van der Waals surface area contributed by atoms with Crippen LogP contribution in [0.4, 0.5) is 0 Å². The third kappa shape index (κ3) is 5.86. The summed E-state index contributed by atoms with van der Waals surface area (Å²) >= 11 is 0. The van der Waals surface area contributed by atoms with Gasteiger partial charge in [0.1, 0.15) is 5.75 Å². The van der Waals surface area contributed by atoms with Crippen molar-refractivity contribution < 1.29 is 4.74 Å². The molecule has 2 rings (SSSR count). The van der Waals surface area contributed by atoms with E-state index in [0.717, 1.165) is 38.4 Å². The summed E-state index contributed by atoms with van der Waals surface area (Å²) in [5.41, 5.74) is 3.72. The quantitative estimate of drug-likeness (QED) is 0.455. The summed E-state index contributed by atoms with van der Waals surface area (Å²) in [7, 11) is 0. The lowest BCUT2D eigenvalue weighted by atomic mass is 10.0. The molecule has 128 valence electrons. The molecule has 0 spiro atoms. The van der Waals surface area contributed by atoms with E-state index in [9.17, 15) is 0 Å². The summed E-state index contributed by atoms with van der Waals surface area (Å²) in [4.78, 5) is 2.42. The third-order valence-electron chi connectivity index (χ3n) is 4.27. The first-order chi connectivity index (χ1) is 11.7. The lowest BCUT2D eigenvalue weighted by molar-refractivity contribution is 0.249. The van der Waals surface area contributed by atoms with E-state index in [2.05, 4.69) is 80.3 Å². The number of benzene rings is 2. The second-order valence-electron chi connectivity index (χ2n) is 5.99. The minimum Gasteiger partial charge on any atom is -0.494 e. The zero-order valence-electron chi connectivity index (χ0n) is 15.2. The fourth-order valence-electron chi connectivity index (χ4n) is 2.71. The van der Waals surface area contributed by atoms with E-state index in [1.165, 1.54) is 16.7 Å². The van der Waals surface area contributed by atoms with Gasteiger partial charge in [0.15, 0.2) is 0 Å². The minimum absolute atomic E-state index is 0.773. The molecular weight excluding hydrogens is 294 g/mol. The van der Waals surface area contributed by atoms with Crippen LogP contribution in [-0.4, -0.2) is 31.1 Å². The molecule has 2 aromatic rings. The minimum atomic E-state index is 0.773. The van der Waals surface area contributed by atoms with Crippen molar-refractivity contribution in [2.24, 2.45) is 0 Å². The predicted molar refractivity (Wildman–Crippen MR) is 104 cm³/mol. The van der Waals surface area contributed by atoms with E-state index in [1.54, 1.807) is 0 Å². The maximum Gasteiger partial charge on any atom is 0.119 e. The summed E-state index contributed by atoms with van der Waals surface area (Å²) in [6, 6.07) is 18.8. The van der Waals surface area contributed by atoms with E-state index >= 15 is 0 Å². The summed E-state index contributed by atoms with van der Waals surface area (Å²) in [6.07, 6.45) is 3.27. The van der Waals surface area contributed by atoms with Crippen LogP contribution in [0.25, 0.3) is 11.6 Å². The number of rotatable bonds is 9. The number of hydrogen-bond donors (Lipinski definition) is 0. The molecule has 0 saturated heterocycles. The lowest BCUT2D eigenvalue weighted by Crippen LogP contribution is -2.25. The van der Waals surface area contributed by atoms with Gasteiger partial charge in [-0.25, -0.2) is 0 Å². The van der Waals surface area contributed by atoms with Gasteiger partial charge in [-0.15, -0.1) is 0 Å². The topological polar surface area (TPSA) is 12.5 Å². The Morgan fingerprint density at radius 2 is 1.62 bits per heavy atom. The Bertz CT molecular complexity index is 612. The van der Waals surface area contributed by atoms with Crippen molar-refractivity contribution in [2.75, 3.05) is 26.2 Å². The molecule has 24 heavy (non-hydrogen) atoms. The molecule has 0 amide bonds. The smallest absolute Gasteiger partial charge is 0.119 e. The Balaban J connectivity index is 1.85. The fraction of sp³-hybridized carbons (Fsp3) is 0.364. The fourth-order valence-corrected chi connectivity index (χ4v) is 2.71. The monoisotopic (exact) mass is 323 g/mol. The highest BCUT2D eigenvalue weighted by Crippen LogP contribution is 2.20. The first-order valence-electron chi connectivity index (χ1n) is 8.92. The molecule has 0 atom stereocenters. The lowest BCUT2D eigenvalue weighted by Gasteiger charge is -2.17. The van der Waals surface area contributed by atoms with Crippen LogP contribution in [0, 0.1) is 0 Å². The molecule has 2 nitrogen and oxygen atoms in total. The highest BCUT2D eigenvalue weighted by Gasteiger charge is 2.01. The molecule has 0 heterocycles. The van der Waals surface area contributed by atoms with Crippen molar-refractivity contribution in [1.82, 2.24) is 4.90 Å². The van der Waals surface area contributed by atoms with Crippen molar-refractivity contribution in [1.29, 1.82) is 0 Å². The van der Waals surface area contributed by atoms with Crippen LogP contribution < -0.4 is 4.74 Å². The van der Waals surface area contributed by atoms with Crippen LogP contribution in [0.15, 0.2) is 54.6 Å². The van der Waals surface area contributed by atoms with Crippen molar-refractivity contribution in [2.45, 2.75) is 27.2 Å². The molecule has 2 aromatic carbocycles. The van der Waals surface area contributed by atoms with Gasteiger partial charge in [-0.1, -0.05) is 62.4 Å². The first kappa shape index (κ1) is 18.3. The summed E-state index contributed by atoms with van der Waals surface area (Å²) < 4.78 is 5.85. The van der Waals surface area contributed by atoms with Crippen LogP contribution in [-0.2, 0) is 0 Å². The molecule has 0 unspecified atom stereocenters. The van der Waals surface area contributed by atoms with Crippen LogP contribution in [0.2, 0.25) is 0 Å². The second-order valence-corrected chi connectivity index (χ2v) is 5.99. The molecule has 0 aliphatic rings. The molecule has 0 bridgehead atoms. The molecule has 0 radical (unpaired) electrons. The normalized spacial score (nSPS) is 11.8. The third-order valence-corrected chi connectivity index (χ3v) is 4.27. The van der Waals surface area contributed by atoms with E-state index in [1.807, 2.05) is 6.07 Å². The van der Waals surface area contributed by atoms with Gasteiger partial charge in [0.25, 0.3) is 0 Å². The summed E-state index contributed by atoms with van der Waals surface area (Å²) in [5, 5.41) is 0. The molecule has 0 aliphatic heterocycles. The Kier molecular flexibility index (Phi) is 7.57. The standard InChI is InChI=1S/C22H29NO/c1-4-23(5-2)16-9-17-24-22-14-12-21(13-15-22)19(3)18-20-10-7-6-8-11-20/h6-8,10-15,18H,4-5,9,16-17H2,1-3H3. The molecule has 0 saturated carbocycles. The molecule has 0 fully saturated rings. The van der Waals surface area contributed by atoms with E-state index in [4.69, 9.17) is 4.74 Å². The zero-order chi connectivity index (χ0) is 17.2. The van der Waals surface area contributed by atoms with Crippen molar-refractivity contribution in [3.63, 3.8) is 0 Å². The Labute approximate surface area is 146 Å². The summed E-state index contributed by atoms with van der Waals surface area (Å²) in [6.45, 7) is 10.6. The van der Waals surface area contributed by atoms with Gasteiger partial charge in [0.05, 0.1) is 6.61 Å². The molecule has 0 N–H and O–H groups in total. The molecule has 0 aromatic heterocycles. The Morgan fingerprint density at radius 1 is 0.958 bits per heavy atom. The predicted octanol–water partition coefficient (Wildman–Crippen LogP) is 5.36. The van der Waals surface area contributed by atoms with Gasteiger partial charge in [-0.2, -0.15) is 0 Å². The first-order valence-corrected chi connectivity index (χ1v) is 8.92. The number of nitrogens with zero attached hydrogens (tertiary/aromatic N) is 1. The highest BCUT2D eigenvalue weighted by molar-refractivity contribution is 5.80. The molecule has 0 aliphatic carbocycles. The van der Waals surface area contributed by atoms with E-state index in [0.29, 0.717) is 0 Å². The van der Waals surface area contributed by atoms with Crippen LogP contribution in [0.5, 0.6) is 5.75 Å². The van der Waals surface area contributed by atoms with E-state index < -0.39 is 0 Å². The number of hydrogen-bond acceptors (Lipinski definition) is 2. The highest BCUT2D eigenvalue weighted by atomic mass is 16.5. The Morgan fingerprint density at radius 3 is 2.25 bits per heavy atom. The average Bonchev–Trinajstić information content (AvgIpc) is 2.63. The largest absolute Gasteiger partial charge is 0.494 e. The van der Waals surface area contributed by atoms with Gasteiger partial charge >= 0.3 is 0 Å². The van der Waals surface area contributed by atoms with Crippen molar-refractivity contribution in [3.05, 3.63) is 65.7 Å². The maximum atomic E-state index is 5.85. The van der Waals surface area contributed by atoms with Crippen LogP contribution >= 0.6 is 0 Å². The van der Waals surface area contributed by atoms with Crippen molar-refractivity contribution >= 4 is 11.6 Å². The zero-order valence-corrected chi connectivity index (χ0v) is 15.2. The summed E-state index contributed by atoms with van der Waals surface area (Å²) in [5.74, 6) is 0.950. The van der Waals surface area contributed by atoms with Crippen molar-refractivity contribution in [3.8, 4) is 5.75 Å². The Hall–Kier alpha value is -2.06. The second kappa shape index (κ2) is 9.94. The van der Waals surface area contributed by atoms with Crippen LogP contribution in [0.3, 0.4) is 0 Å². The molecule has 2 heteroatoms. The number of allylic oxidation sites excluding steroid dienone is 1. The van der Waals surface area contributed by atoms with Crippen LogP contribution in [0.1, 0.15) is 38.3 Å². The van der Waals surface area contributed by atoms with Gasteiger partial charge in [-0.05, 0) is 55.3 Å². The van der Waals surface area contributed by atoms with Gasteiger partial charge < -0.3 is 9.64 Å². The van der Waals surface area contributed by atoms with E-state index in [-0.39, 0.29) is 0 Å². The van der Waals surface area contributed by atoms with Gasteiger partial charge in [-0.3, -0.25) is 0 Å². The maximum absolute atomic E-state index is 5.85.